The van der Waals surface area contributed by atoms with Gasteiger partial charge in [-0.3, -0.25) is 10.3 Å². The summed E-state index contributed by atoms with van der Waals surface area (Å²) in [5.41, 5.74) is 3.85. The van der Waals surface area contributed by atoms with E-state index >= 15 is 0 Å². The summed E-state index contributed by atoms with van der Waals surface area (Å²) in [4.78, 5) is 8.98. The molecule has 1 rings (SSSR count). The van der Waals surface area contributed by atoms with Gasteiger partial charge in [-0.25, -0.2) is 4.99 Å². The minimum absolute atomic E-state index is 0.385. The average Bonchev–Trinajstić information content (AvgIpc) is 2.33. The summed E-state index contributed by atoms with van der Waals surface area (Å²) < 4.78 is 0. The zero-order valence-electron chi connectivity index (χ0n) is 9.42. The third-order valence-corrected chi connectivity index (χ3v) is 2.76. The Morgan fingerprint density at radius 3 is 2.61 bits per heavy atom. The predicted molar refractivity (Wildman–Crippen MR) is 77.0 cm³/mol. The predicted octanol–water partition coefficient (Wildman–Crippen LogP) is 3.59. The lowest BCUT2D eigenvalue weighted by Gasteiger charge is -2.05. The summed E-state index contributed by atoms with van der Waals surface area (Å²) in [6, 6.07) is 3.36. The lowest BCUT2D eigenvalue weighted by molar-refractivity contribution is 0.102. The molecule has 96 valence electrons. The topological polar surface area (TPSA) is 33.6 Å². The van der Waals surface area contributed by atoms with E-state index in [1.54, 1.807) is 12.1 Å². The van der Waals surface area contributed by atoms with Gasteiger partial charge in [0, 0.05) is 27.9 Å². The number of hydroxylamine groups is 1. The second kappa shape index (κ2) is 8.23. The molecule has 3 nitrogen and oxygen atoms in total. The molecule has 1 aromatic carbocycles. The van der Waals surface area contributed by atoms with Crippen LogP contribution in [0.1, 0.15) is 5.56 Å². The number of alkyl halides is 1. The first-order valence-electron chi connectivity index (χ1n) is 5.06. The Kier molecular flexibility index (Phi) is 6.92. The molecule has 0 aliphatic rings. The van der Waals surface area contributed by atoms with Crippen LogP contribution in [0.15, 0.2) is 17.1 Å². The Morgan fingerprint density at radius 2 is 2.06 bits per heavy atom. The van der Waals surface area contributed by atoms with Gasteiger partial charge < -0.3 is 0 Å². The van der Waals surface area contributed by atoms with Gasteiger partial charge in [0.1, 0.15) is 6.34 Å². The van der Waals surface area contributed by atoms with Crippen molar-refractivity contribution in [2.24, 2.45) is 4.99 Å². The second-order valence-electron chi connectivity index (χ2n) is 3.18. The lowest BCUT2D eigenvalue weighted by atomic mass is 10.1. The first-order valence-corrected chi connectivity index (χ1v) is 6.35. The fourth-order valence-electron chi connectivity index (χ4n) is 1.17. The van der Waals surface area contributed by atoms with Crippen LogP contribution in [-0.2, 0) is 11.3 Å². The van der Waals surface area contributed by atoms with Crippen molar-refractivity contribution in [1.82, 2.24) is 5.48 Å². The highest BCUT2D eigenvalue weighted by molar-refractivity contribution is 6.36. The normalized spacial score (nSPS) is 10.6. The van der Waals surface area contributed by atoms with Crippen LogP contribution in [0, 0.1) is 12.3 Å². The Bertz CT molecular complexity index is 446. The van der Waals surface area contributed by atoms with Crippen molar-refractivity contribution in [3.05, 3.63) is 27.7 Å². The molecule has 0 spiro atoms. The fourth-order valence-corrected chi connectivity index (χ4v) is 1.86. The van der Waals surface area contributed by atoms with Gasteiger partial charge in [0.15, 0.2) is 0 Å². The maximum atomic E-state index is 6.05. The molecule has 0 aliphatic heterocycles. The number of benzene rings is 1. The summed E-state index contributed by atoms with van der Waals surface area (Å²) in [6.45, 7) is 0.385. The van der Waals surface area contributed by atoms with Crippen LogP contribution in [0.5, 0.6) is 0 Å². The number of hydrogen-bond donors (Lipinski definition) is 1. The molecule has 0 bridgehead atoms. The van der Waals surface area contributed by atoms with E-state index in [1.165, 1.54) is 6.34 Å². The number of nitrogens with one attached hydrogen (secondary N) is 1. The highest BCUT2D eigenvalue weighted by atomic mass is 35.5. The van der Waals surface area contributed by atoms with Gasteiger partial charge in [-0.1, -0.05) is 23.2 Å². The van der Waals surface area contributed by atoms with Crippen LogP contribution in [0.4, 0.5) is 5.69 Å². The SMILES string of the molecule is C#CCc1c(Cl)cc(N=CNOCCCl)cc1Cl. The van der Waals surface area contributed by atoms with E-state index in [4.69, 9.17) is 46.1 Å². The average molecular weight is 306 g/mol. The van der Waals surface area contributed by atoms with Crippen LogP contribution in [-0.4, -0.2) is 18.8 Å². The number of rotatable bonds is 6. The molecule has 0 radical (unpaired) electrons. The highest BCUT2D eigenvalue weighted by Crippen LogP contribution is 2.30. The number of hydrogen-bond acceptors (Lipinski definition) is 2. The minimum atomic E-state index is 0.385. The first-order chi connectivity index (χ1) is 8.69. The highest BCUT2D eigenvalue weighted by Gasteiger charge is 2.06. The van der Waals surface area contributed by atoms with Gasteiger partial charge in [0.2, 0.25) is 0 Å². The molecule has 0 aromatic heterocycles. The van der Waals surface area contributed by atoms with E-state index < -0.39 is 0 Å². The van der Waals surface area contributed by atoms with Crippen LogP contribution in [0.25, 0.3) is 0 Å². The molecule has 0 aliphatic carbocycles. The zero-order valence-corrected chi connectivity index (χ0v) is 11.7. The molecule has 0 saturated carbocycles. The van der Waals surface area contributed by atoms with Gasteiger partial charge in [0.05, 0.1) is 12.3 Å². The van der Waals surface area contributed by atoms with Gasteiger partial charge in [-0.05, 0) is 12.1 Å². The van der Waals surface area contributed by atoms with Crippen molar-refractivity contribution < 1.29 is 4.84 Å². The molecule has 0 saturated heterocycles. The van der Waals surface area contributed by atoms with E-state index in [0.29, 0.717) is 34.6 Å². The third kappa shape index (κ3) is 4.75. The molecule has 0 fully saturated rings. The Labute approximate surface area is 121 Å². The van der Waals surface area contributed by atoms with Crippen LogP contribution in [0.2, 0.25) is 10.0 Å². The number of terminal acetylenes is 1. The number of halogens is 3. The Morgan fingerprint density at radius 1 is 1.39 bits per heavy atom. The van der Waals surface area contributed by atoms with Crippen molar-refractivity contribution >= 4 is 46.8 Å². The fraction of sp³-hybridized carbons (Fsp3) is 0.250. The van der Waals surface area contributed by atoms with Crippen LogP contribution < -0.4 is 5.48 Å². The first kappa shape index (κ1) is 15.1. The van der Waals surface area contributed by atoms with Crippen LogP contribution in [0.3, 0.4) is 0 Å². The molecule has 0 unspecified atom stereocenters. The molecule has 6 heteroatoms. The van der Waals surface area contributed by atoms with Gasteiger partial charge in [-0.2, -0.15) is 0 Å². The largest absolute Gasteiger partial charge is 0.274 e. The van der Waals surface area contributed by atoms with Crippen LogP contribution >= 0.6 is 34.8 Å². The monoisotopic (exact) mass is 304 g/mol. The Balaban J connectivity index is 2.71. The maximum absolute atomic E-state index is 6.05. The van der Waals surface area contributed by atoms with E-state index in [-0.39, 0.29) is 0 Å². The molecular formula is C12H11Cl3N2O. The van der Waals surface area contributed by atoms with Crippen molar-refractivity contribution in [3.63, 3.8) is 0 Å². The molecule has 0 heterocycles. The van der Waals surface area contributed by atoms with Crippen molar-refractivity contribution in [3.8, 4) is 12.3 Å². The quantitative estimate of drug-likeness (QED) is 0.218. The minimum Gasteiger partial charge on any atom is -0.274 e. The van der Waals surface area contributed by atoms with Gasteiger partial charge >= 0.3 is 0 Å². The standard InChI is InChI=1S/C12H11Cl3N2O/c1-2-3-10-11(14)6-9(7-12(10)15)16-8-17-18-5-4-13/h1,6-8H,3-5H2,(H,16,17). The smallest absolute Gasteiger partial charge is 0.113 e. The molecule has 18 heavy (non-hydrogen) atoms. The summed E-state index contributed by atoms with van der Waals surface area (Å²) in [6.07, 6.45) is 7.00. The van der Waals surface area contributed by atoms with Crippen molar-refractivity contribution in [1.29, 1.82) is 0 Å². The summed E-state index contributed by atoms with van der Waals surface area (Å²) in [7, 11) is 0. The molecule has 1 N–H and O–H groups in total. The lowest BCUT2D eigenvalue weighted by Crippen LogP contribution is -2.13. The molecule has 0 atom stereocenters. The van der Waals surface area contributed by atoms with E-state index in [2.05, 4.69) is 16.4 Å². The molecule has 1 aromatic rings. The van der Waals surface area contributed by atoms with Gasteiger partial charge in [-0.15, -0.1) is 23.9 Å². The summed E-state index contributed by atoms with van der Waals surface area (Å²) in [5, 5.41) is 0.989. The van der Waals surface area contributed by atoms with E-state index in [0.717, 1.165) is 5.56 Å². The zero-order chi connectivity index (χ0) is 13.4. The summed E-state index contributed by atoms with van der Waals surface area (Å²) in [5.74, 6) is 2.90. The summed E-state index contributed by atoms with van der Waals surface area (Å²) >= 11 is 17.5. The van der Waals surface area contributed by atoms with E-state index in [9.17, 15) is 0 Å². The third-order valence-electron chi connectivity index (χ3n) is 1.93. The van der Waals surface area contributed by atoms with E-state index in [1.807, 2.05) is 0 Å². The number of nitrogens with zero attached hydrogens (tertiary/aromatic N) is 1. The van der Waals surface area contributed by atoms with Gasteiger partial charge in [0.25, 0.3) is 0 Å². The van der Waals surface area contributed by atoms with Crippen molar-refractivity contribution in [2.45, 2.75) is 6.42 Å². The second-order valence-corrected chi connectivity index (χ2v) is 4.37. The van der Waals surface area contributed by atoms with Crippen molar-refractivity contribution in [2.75, 3.05) is 12.5 Å². The molecular weight excluding hydrogens is 295 g/mol. The number of aliphatic imine (C=N–C) groups is 1. The Hall–Kier alpha value is -0.920. The molecule has 0 amide bonds. The maximum Gasteiger partial charge on any atom is 0.113 e.